The van der Waals surface area contributed by atoms with E-state index in [1.807, 2.05) is 0 Å². The maximum absolute atomic E-state index is 12.6. The topological polar surface area (TPSA) is 41.6 Å². The lowest BCUT2D eigenvalue weighted by Gasteiger charge is -2.36. The van der Waals surface area contributed by atoms with Crippen molar-refractivity contribution in [2.24, 2.45) is 5.92 Å². The van der Waals surface area contributed by atoms with Crippen molar-refractivity contribution in [2.45, 2.75) is 31.2 Å². The Kier molecular flexibility index (Phi) is 4.85. The van der Waals surface area contributed by atoms with Gasteiger partial charge in [0.2, 0.25) is 5.91 Å². The van der Waals surface area contributed by atoms with Crippen LogP contribution in [0.2, 0.25) is 0 Å². The third kappa shape index (κ3) is 3.60. The van der Waals surface area contributed by atoms with E-state index >= 15 is 0 Å². The van der Waals surface area contributed by atoms with Gasteiger partial charge in [-0.1, -0.05) is 0 Å². The van der Waals surface area contributed by atoms with Crippen LogP contribution >= 0.6 is 0 Å². The van der Waals surface area contributed by atoms with Crippen LogP contribution in [-0.2, 0) is 9.53 Å². The molecular weight excluding hydrogens is 280 g/mol. The maximum Gasteiger partial charge on any atom is 0.330 e. The normalized spacial score (nSPS) is 26.9. The molecule has 8 heteroatoms. The first-order valence-electron chi connectivity index (χ1n) is 6.64. The lowest BCUT2D eigenvalue weighted by molar-refractivity contribution is -0.172. The highest BCUT2D eigenvalue weighted by Crippen LogP contribution is 2.25. The van der Waals surface area contributed by atoms with E-state index in [4.69, 9.17) is 0 Å². The molecule has 2 bridgehead atoms. The van der Waals surface area contributed by atoms with Crippen molar-refractivity contribution >= 4 is 5.91 Å². The Hall–Kier alpha value is -0.890. The van der Waals surface area contributed by atoms with Crippen LogP contribution in [-0.4, -0.2) is 62.0 Å². The summed E-state index contributed by atoms with van der Waals surface area (Å²) < 4.78 is 53.6. The first kappa shape index (κ1) is 15.5. The molecule has 3 saturated heterocycles. The monoisotopic (exact) mass is 298 g/mol. The molecule has 3 fully saturated rings. The number of piperidine rings is 1. The fourth-order valence-electron chi connectivity index (χ4n) is 2.66. The van der Waals surface area contributed by atoms with Crippen molar-refractivity contribution in [1.29, 1.82) is 0 Å². The molecular formula is C12H18F4N2O2. The average molecular weight is 298 g/mol. The van der Waals surface area contributed by atoms with Crippen molar-refractivity contribution in [1.82, 2.24) is 10.2 Å². The Balaban J connectivity index is 1.80. The molecule has 0 unspecified atom stereocenters. The van der Waals surface area contributed by atoms with Gasteiger partial charge in [0.25, 0.3) is 0 Å². The third-order valence-corrected chi connectivity index (χ3v) is 3.78. The molecule has 116 valence electrons. The molecule has 0 aromatic heterocycles. The van der Waals surface area contributed by atoms with E-state index in [0.717, 1.165) is 19.4 Å². The summed E-state index contributed by atoms with van der Waals surface area (Å²) in [5, 5.41) is 3.24. The molecule has 0 aromatic carbocycles. The number of nitrogens with one attached hydrogen (secondary N) is 1. The summed E-state index contributed by atoms with van der Waals surface area (Å²) in [7, 11) is 0. The SMILES string of the molecule is O=C(COCC(F)(F)C(F)F)N1C[C@@H]2CC[C@H]1CNC2. The molecule has 0 spiro atoms. The maximum atomic E-state index is 12.6. The van der Waals surface area contributed by atoms with Gasteiger partial charge in [0.05, 0.1) is 0 Å². The van der Waals surface area contributed by atoms with Crippen molar-refractivity contribution in [3.63, 3.8) is 0 Å². The van der Waals surface area contributed by atoms with Crippen molar-refractivity contribution in [3.05, 3.63) is 0 Å². The minimum Gasteiger partial charge on any atom is -0.365 e. The molecule has 1 N–H and O–H groups in total. The lowest BCUT2D eigenvalue weighted by atomic mass is 9.95. The molecule has 0 aromatic rings. The summed E-state index contributed by atoms with van der Waals surface area (Å²) >= 11 is 0. The summed E-state index contributed by atoms with van der Waals surface area (Å²) in [6.07, 6.45) is -1.88. The predicted molar refractivity (Wildman–Crippen MR) is 62.9 cm³/mol. The van der Waals surface area contributed by atoms with Crippen LogP contribution in [0.4, 0.5) is 17.6 Å². The van der Waals surface area contributed by atoms with Gasteiger partial charge in [-0.25, -0.2) is 8.78 Å². The summed E-state index contributed by atoms with van der Waals surface area (Å²) in [5.41, 5.74) is 0. The lowest BCUT2D eigenvalue weighted by Crippen LogP contribution is -2.49. The molecule has 4 nitrogen and oxygen atoms in total. The van der Waals surface area contributed by atoms with Crippen LogP contribution in [0.25, 0.3) is 0 Å². The zero-order valence-corrected chi connectivity index (χ0v) is 11.0. The Bertz CT molecular complexity index is 350. The van der Waals surface area contributed by atoms with E-state index in [-0.39, 0.29) is 6.04 Å². The van der Waals surface area contributed by atoms with Gasteiger partial charge in [-0.05, 0) is 25.3 Å². The van der Waals surface area contributed by atoms with E-state index < -0.39 is 31.5 Å². The number of fused-ring (bicyclic) bond motifs is 4. The Labute approximate surface area is 114 Å². The number of rotatable bonds is 5. The zero-order valence-electron chi connectivity index (χ0n) is 11.0. The van der Waals surface area contributed by atoms with Crippen molar-refractivity contribution in [2.75, 3.05) is 32.8 Å². The van der Waals surface area contributed by atoms with Gasteiger partial charge in [-0.3, -0.25) is 4.79 Å². The Morgan fingerprint density at radius 1 is 1.35 bits per heavy atom. The minimum atomic E-state index is -4.21. The molecule has 1 amide bonds. The summed E-state index contributed by atoms with van der Waals surface area (Å²) in [5.74, 6) is -4.26. The molecule has 0 aliphatic carbocycles. The van der Waals surface area contributed by atoms with E-state index in [1.165, 1.54) is 0 Å². The van der Waals surface area contributed by atoms with Crippen LogP contribution in [0.15, 0.2) is 0 Å². The van der Waals surface area contributed by atoms with Crippen molar-refractivity contribution in [3.8, 4) is 0 Å². The summed E-state index contributed by atoms with van der Waals surface area (Å²) in [6.45, 7) is 0.0766. The number of halogens is 4. The second-order valence-corrected chi connectivity index (χ2v) is 5.36. The highest BCUT2D eigenvalue weighted by Gasteiger charge is 2.41. The van der Waals surface area contributed by atoms with Gasteiger partial charge in [0.15, 0.2) is 0 Å². The molecule has 2 atom stereocenters. The number of hydrogen-bond donors (Lipinski definition) is 1. The molecule has 20 heavy (non-hydrogen) atoms. The third-order valence-electron chi connectivity index (χ3n) is 3.78. The van der Waals surface area contributed by atoms with E-state index in [0.29, 0.717) is 19.0 Å². The molecule has 0 saturated carbocycles. The highest BCUT2D eigenvalue weighted by atomic mass is 19.3. The Morgan fingerprint density at radius 3 is 2.80 bits per heavy atom. The van der Waals surface area contributed by atoms with Gasteiger partial charge in [-0.2, -0.15) is 8.78 Å². The molecule has 3 aliphatic heterocycles. The van der Waals surface area contributed by atoms with Crippen LogP contribution in [0.1, 0.15) is 12.8 Å². The zero-order chi connectivity index (χ0) is 14.8. The Morgan fingerprint density at radius 2 is 2.10 bits per heavy atom. The average Bonchev–Trinajstić information content (AvgIpc) is 2.73. The first-order chi connectivity index (χ1) is 9.40. The number of nitrogens with zero attached hydrogens (tertiary/aromatic N) is 1. The number of alkyl halides is 4. The van der Waals surface area contributed by atoms with Crippen LogP contribution in [0.3, 0.4) is 0 Å². The van der Waals surface area contributed by atoms with Crippen LogP contribution < -0.4 is 5.32 Å². The second kappa shape index (κ2) is 6.26. The molecule has 3 heterocycles. The number of hydrogen-bond acceptors (Lipinski definition) is 3. The van der Waals surface area contributed by atoms with E-state index in [1.54, 1.807) is 4.90 Å². The van der Waals surface area contributed by atoms with Gasteiger partial charge in [-0.15, -0.1) is 0 Å². The smallest absolute Gasteiger partial charge is 0.330 e. The second-order valence-electron chi connectivity index (χ2n) is 5.36. The first-order valence-corrected chi connectivity index (χ1v) is 6.64. The predicted octanol–water partition coefficient (Wildman–Crippen LogP) is 1.11. The highest BCUT2D eigenvalue weighted by molar-refractivity contribution is 5.78. The van der Waals surface area contributed by atoms with E-state index in [2.05, 4.69) is 10.1 Å². The fraction of sp³-hybridized carbons (Fsp3) is 0.917. The quantitative estimate of drug-likeness (QED) is 0.773. The fourth-order valence-corrected chi connectivity index (χ4v) is 2.66. The standard InChI is InChI=1S/C12H18F4N2O2/c13-11(14)12(15,16)7-20-6-10(19)18-5-8-1-2-9(18)4-17-3-8/h8-9,11,17H,1-7H2/t8-,9+/m1/s1. The number of carbonyl (C=O) groups is 1. The van der Waals surface area contributed by atoms with Crippen LogP contribution in [0.5, 0.6) is 0 Å². The summed E-state index contributed by atoms with van der Waals surface area (Å²) in [6, 6.07) is 0.0421. The number of carbonyl (C=O) groups excluding carboxylic acids is 1. The van der Waals surface area contributed by atoms with Gasteiger partial charge in [0.1, 0.15) is 13.2 Å². The number of ether oxygens (including phenoxy) is 1. The number of amides is 1. The van der Waals surface area contributed by atoms with Gasteiger partial charge in [0, 0.05) is 19.1 Å². The minimum absolute atomic E-state index is 0.0421. The van der Waals surface area contributed by atoms with Crippen molar-refractivity contribution < 1.29 is 27.1 Å². The van der Waals surface area contributed by atoms with E-state index in [9.17, 15) is 22.4 Å². The molecule has 0 radical (unpaired) electrons. The van der Waals surface area contributed by atoms with Crippen LogP contribution in [0, 0.1) is 5.92 Å². The van der Waals surface area contributed by atoms with Gasteiger partial charge < -0.3 is 15.0 Å². The molecule has 3 aliphatic rings. The largest absolute Gasteiger partial charge is 0.365 e. The molecule has 3 rings (SSSR count). The van der Waals surface area contributed by atoms with Gasteiger partial charge >= 0.3 is 12.3 Å². The summed E-state index contributed by atoms with van der Waals surface area (Å²) in [4.78, 5) is 13.6.